The Morgan fingerprint density at radius 2 is 1.06 bits per heavy atom. The van der Waals surface area contributed by atoms with E-state index in [9.17, 15) is 31.2 Å². The first kappa shape index (κ1) is 82.9. The molecule has 0 saturated heterocycles. The van der Waals surface area contributed by atoms with E-state index in [2.05, 4.69) is 112 Å². The van der Waals surface area contributed by atoms with E-state index in [1.54, 1.807) is 72.0 Å². The Hall–Kier alpha value is -8.75. The van der Waals surface area contributed by atoms with E-state index in [1.165, 1.54) is 30.4 Å². The van der Waals surface area contributed by atoms with Crippen LogP contribution in [0.25, 0.3) is 63.8 Å². The molecule has 11 aromatic heterocycles. The van der Waals surface area contributed by atoms with Crippen molar-refractivity contribution in [3.8, 4) is 0 Å². The zero-order valence-corrected chi connectivity index (χ0v) is 69.3. The van der Waals surface area contributed by atoms with Crippen molar-refractivity contribution in [2.24, 2.45) is 26.9 Å². The van der Waals surface area contributed by atoms with Gasteiger partial charge in [-0.3, -0.25) is 14.4 Å². The van der Waals surface area contributed by atoms with Gasteiger partial charge in [-0.05, 0) is 54.0 Å². The zero-order valence-electron chi connectivity index (χ0n) is 61.4. The summed E-state index contributed by atoms with van der Waals surface area (Å²) in [5.41, 5.74) is 11.6. The van der Waals surface area contributed by atoms with E-state index in [0.717, 1.165) is 114 Å². The van der Waals surface area contributed by atoms with E-state index in [1.807, 2.05) is 75.3 Å². The molecule has 13 aromatic rings. The Balaban J connectivity index is 0.000000177. The molecule has 0 fully saturated rings. The minimum absolute atomic E-state index is 0.0466. The van der Waals surface area contributed by atoms with E-state index >= 15 is 0 Å². The van der Waals surface area contributed by atoms with E-state index in [-0.39, 0.29) is 43.3 Å². The highest BCUT2D eigenvalue weighted by Gasteiger charge is 2.27. The van der Waals surface area contributed by atoms with Crippen LogP contribution in [0.5, 0.6) is 0 Å². The van der Waals surface area contributed by atoms with E-state index in [0.29, 0.717) is 52.2 Å². The van der Waals surface area contributed by atoms with Gasteiger partial charge in [-0.25, -0.2) is 56.4 Å². The van der Waals surface area contributed by atoms with Crippen LogP contribution in [0.2, 0.25) is 77.1 Å². The van der Waals surface area contributed by atoms with Crippen molar-refractivity contribution in [2.75, 3.05) is 38.9 Å². The van der Waals surface area contributed by atoms with Gasteiger partial charge in [0.25, 0.3) is 16.7 Å². The molecule has 1 atom stereocenters. The molecule has 106 heavy (non-hydrogen) atoms. The van der Waals surface area contributed by atoms with Crippen molar-refractivity contribution in [1.29, 1.82) is 5.41 Å². The minimum atomic E-state index is -3.38. The summed E-state index contributed by atoms with van der Waals surface area (Å²) in [6.07, 6.45) is 12.8. The largest absolute Gasteiger partial charge is 0.401 e. The molecule has 0 aliphatic carbocycles. The third-order valence-corrected chi connectivity index (χ3v) is 27.8. The van der Waals surface area contributed by atoms with Gasteiger partial charge in [0.2, 0.25) is 14.2 Å². The minimum Gasteiger partial charge on any atom is -0.401 e. The lowest BCUT2D eigenvalue weighted by atomic mass is 9.96. The maximum atomic E-state index is 12.3. The number of methoxy groups -OCH3 is 1. The summed E-state index contributed by atoms with van der Waals surface area (Å²) in [5, 5.41) is 39.4. The van der Waals surface area contributed by atoms with Crippen molar-refractivity contribution >= 4 is 159 Å². The number of ether oxygens (including phenoxy) is 3. The predicted octanol–water partition coefficient (Wildman–Crippen LogP) is 10.1. The number of rotatable bonds is 23. The normalized spacial score (nSPS) is 12.4. The summed E-state index contributed by atoms with van der Waals surface area (Å²) in [6.45, 7) is 24.5. The highest BCUT2D eigenvalue weighted by atomic mass is 32.2. The number of hydrogen-bond donors (Lipinski definition) is 5. The van der Waals surface area contributed by atoms with Crippen molar-refractivity contribution in [3.63, 3.8) is 0 Å². The van der Waals surface area contributed by atoms with E-state index < -0.39 is 55.5 Å². The fraction of sp³-hybridized carbons (Fsp3) is 0.373. The van der Waals surface area contributed by atoms with Crippen LogP contribution in [-0.2, 0) is 86.5 Å². The van der Waals surface area contributed by atoms with Gasteiger partial charge in [-0.1, -0.05) is 107 Å². The fourth-order valence-corrected chi connectivity index (χ4v) is 18.4. The first-order valence-electron chi connectivity index (χ1n) is 33.1. The van der Waals surface area contributed by atoms with Crippen molar-refractivity contribution in [2.45, 2.75) is 112 Å². The molecule has 0 amide bonds. The second-order valence-corrected chi connectivity index (χ2v) is 52.4. The number of aryl methyl sites for hydroxylation is 3. The lowest BCUT2D eigenvalue weighted by Gasteiger charge is -2.15. The van der Waals surface area contributed by atoms with Gasteiger partial charge >= 0.3 is 11.6 Å². The van der Waals surface area contributed by atoms with Crippen LogP contribution in [-0.4, -0.2) is 173 Å². The number of thiazole rings is 3. The number of fused-ring (bicyclic) bond motifs is 9. The molecule has 0 aliphatic rings. The number of nitrogens with two attached hydrogens (primary N) is 1. The molecule has 0 bridgehead atoms. The summed E-state index contributed by atoms with van der Waals surface area (Å²) < 4.78 is 91.1. The molecule has 1 unspecified atom stereocenters. The van der Waals surface area contributed by atoms with Gasteiger partial charge in [0.1, 0.15) is 40.0 Å². The smallest absolute Gasteiger partial charge is 0.335 e. The van der Waals surface area contributed by atoms with Crippen LogP contribution < -0.4 is 22.4 Å². The molecule has 0 radical (unpaired) electrons. The van der Waals surface area contributed by atoms with Gasteiger partial charge in [-0.2, -0.15) is 33.9 Å². The average Bonchev–Trinajstić information content (AvgIpc) is 1.60. The van der Waals surface area contributed by atoms with Crippen LogP contribution in [0.15, 0.2) is 139 Å². The number of H-pyrrole nitrogens is 3. The fourth-order valence-electron chi connectivity index (χ4n) is 10.5. The summed E-state index contributed by atoms with van der Waals surface area (Å²) in [5.74, 6) is -0.376. The quantitative estimate of drug-likeness (QED) is 0.0226. The third kappa shape index (κ3) is 22.0. The molecule has 566 valence electrons. The molecule has 0 aliphatic heterocycles. The number of allylic oxidation sites excluding steroid dienone is 1. The van der Waals surface area contributed by atoms with Crippen LogP contribution >= 0.6 is 34.0 Å². The van der Waals surface area contributed by atoms with Gasteiger partial charge < -0.3 is 39.1 Å². The van der Waals surface area contributed by atoms with Gasteiger partial charge in [0.15, 0.2) is 26.8 Å². The lowest BCUT2D eigenvalue weighted by Crippen LogP contribution is -2.22. The summed E-state index contributed by atoms with van der Waals surface area (Å²) in [7, 11) is -2.55. The monoisotopic (exact) mass is 1610 g/mol. The standard InChI is InChI=1S/C24H28N6O2SSi.C18H24N6O2SSi.C10H12N2O2S.C9H8N4O3S2.C6H16OSi.O2S/c1-29-20-17(14-25-27-23(20)31)21-22(29)26-24(33-21)19(16-8-6-5-7-9-16)18-10-11-30(28-18)15-32-12-13-34(2,3)4;1-23-15-13(10-19-21-18(15)25)16-17(23)20-14(27-16)9-12-5-6-24(22-12)11-26-7-8-28(2,3)4;11-7-6-9(12)8-15(13,14)10-4-2-1-3-5-10;1-13-5-4(3-10-12-8(5)14)6-7(13)11-9(17-6)18(2,15)16;1-7-5-6-8(2,3)4;1-3-2/h5-11,14,19H,12-13,15H2,1-4H3,(H,27,31);5-6,10H,7-9,11H2,1-4H3,(H,21,25);1-7,11H,8,12H2;3H,1-2H3,(H,12,14);5-6H2,1-4H3;. The van der Waals surface area contributed by atoms with E-state index in [4.69, 9.17) is 48.8 Å². The maximum Gasteiger partial charge on any atom is 0.335 e. The van der Waals surface area contributed by atoms with Crippen molar-refractivity contribution in [1.82, 2.24) is 78.8 Å². The zero-order chi connectivity index (χ0) is 77.5. The highest BCUT2D eigenvalue weighted by Crippen LogP contribution is 2.39. The number of benzene rings is 2. The van der Waals surface area contributed by atoms with Gasteiger partial charge in [0, 0.05) is 125 Å². The third-order valence-electron chi connectivity index (χ3n) is 16.0. The molecule has 0 saturated carbocycles. The van der Waals surface area contributed by atoms with Crippen LogP contribution in [0, 0.1) is 5.41 Å². The van der Waals surface area contributed by atoms with Crippen LogP contribution in [0.1, 0.15) is 32.9 Å². The number of nitrogens with one attached hydrogen (secondary N) is 4. The van der Waals surface area contributed by atoms with Crippen LogP contribution in [0.3, 0.4) is 0 Å². The molecule has 6 N–H and O–H groups in total. The SMILES string of the molecule is COCC[Si](C)(C)C.Cn1c2nc(C(c3ccccc3)c3ccn(COCC[Si](C)(C)C)n3)sc2c2cn[nH]c(=O)c21.Cn1c2nc(Cc3ccn(COCC[Si](C)(C)C)n3)sc2c2cn[nH]c(=O)c21.Cn1c2nc(S(C)(=O)=O)sc2c2cn[nH]c(=O)c21.N=CC=C(N)CS(=O)(=O)c1ccccc1.O=S=O. The van der Waals surface area contributed by atoms with Gasteiger partial charge in [0.05, 0.1) is 60.6 Å². The van der Waals surface area contributed by atoms with Gasteiger partial charge in [-0.15, -0.1) is 34.0 Å². The molecular weight excluding hydrogens is 1530 g/mol. The molecular formula is C67H88N18O12S6Si3. The summed E-state index contributed by atoms with van der Waals surface area (Å²) in [4.78, 5) is 50.0. The molecule has 13 rings (SSSR count). The van der Waals surface area contributed by atoms with Crippen molar-refractivity contribution in [3.05, 3.63) is 174 Å². The number of nitrogens with zero attached hydrogens (tertiary/aromatic N) is 13. The molecule has 11 heterocycles. The molecule has 39 heteroatoms. The van der Waals surface area contributed by atoms with Crippen LogP contribution in [0.4, 0.5) is 0 Å². The Bertz CT molecular complexity index is 5660. The second kappa shape index (κ2) is 36.2. The average molecular weight is 1610 g/mol. The molecule has 2 aromatic carbocycles. The summed E-state index contributed by atoms with van der Waals surface area (Å²) >= 11 is 3.47. The Morgan fingerprint density at radius 1 is 0.613 bits per heavy atom. The first-order chi connectivity index (χ1) is 50.1. The lowest BCUT2D eigenvalue weighted by molar-refractivity contribution is 0.0782. The predicted molar refractivity (Wildman–Crippen MR) is 428 cm³/mol. The first-order valence-corrected chi connectivity index (χ1v) is 50.9. The molecule has 0 spiro atoms. The Labute approximate surface area is 630 Å². The number of hydrogen-bond acceptors (Lipinski definition) is 25. The number of aromatic amines is 3. The summed E-state index contributed by atoms with van der Waals surface area (Å²) in [6, 6.07) is 26.0. The maximum absolute atomic E-state index is 12.3. The molecule has 30 nitrogen and oxygen atoms in total. The number of sulfone groups is 2. The van der Waals surface area contributed by atoms with Crippen molar-refractivity contribution < 1.29 is 39.5 Å². The second-order valence-electron chi connectivity index (χ2n) is 28.1. The number of aromatic nitrogens is 16. The highest BCUT2D eigenvalue weighted by molar-refractivity contribution is 7.92. The Morgan fingerprint density at radius 3 is 1.53 bits per heavy atom. The topological polar surface area (TPSA) is 406 Å². The Kier molecular flexibility index (Phi) is 28.3.